The number of benzene rings is 3. The van der Waals surface area contributed by atoms with Gasteiger partial charge in [0.25, 0.3) is 5.91 Å². The Bertz CT molecular complexity index is 925. The molecule has 0 radical (unpaired) electrons. The van der Waals surface area contributed by atoms with Gasteiger partial charge in [0.05, 0.1) is 0 Å². The van der Waals surface area contributed by atoms with Gasteiger partial charge >= 0.3 is 0 Å². The van der Waals surface area contributed by atoms with E-state index in [1.165, 1.54) is 55.1 Å². The molecule has 3 aromatic carbocycles. The van der Waals surface area contributed by atoms with Crippen molar-refractivity contribution < 1.29 is 4.79 Å². The van der Waals surface area contributed by atoms with Crippen LogP contribution in [-0.2, 0) is 13.1 Å². The van der Waals surface area contributed by atoms with E-state index in [1.807, 2.05) is 24.3 Å². The molecule has 0 unspecified atom stereocenters. The fourth-order valence-electron chi connectivity index (χ4n) is 3.95. The van der Waals surface area contributed by atoms with E-state index in [0.29, 0.717) is 6.54 Å². The molecule has 0 spiro atoms. The largest absolute Gasteiger partial charge is 0.348 e. The highest BCUT2D eigenvalue weighted by molar-refractivity contribution is 5.94. The van der Waals surface area contributed by atoms with E-state index in [0.717, 1.165) is 17.7 Å². The van der Waals surface area contributed by atoms with Crippen molar-refractivity contribution in [2.45, 2.75) is 38.8 Å². The third-order valence-electron chi connectivity index (χ3n) is 5.59. The van der Waals surface area contributed by atoms with E-state index in [1.54, 1.807) is 0 Å². The van der Waals surface area contributed by atoms with Gasteiger partial charge in [0.1, 0.15) is 0 Å². The van der Waals surface area contributed by atoms with E-state index in [-0.39, 0.29) is 5.91 Å². The lowest BCUT2D eigenvalue weighted by Gasteiger charge is -2.19. The van der Waals surface area contributed by atoms with Crippen LogP contribution in [0.1, 0.15) is 47.2 Å². The summed E-state index contributed by atoms with van der Waals surface area (Å²) in [5.41, 5.74) is 3.12. The second kappa shape index (κ2) is 9.03. The molecule has 1 N–H and O–H groups in total. The molecule has 0 atom stereocenters. The summed E-state index contributed by atoms with van der Waals surface area (Å²) in [6.07, 6.45) is 5.31. The lowest BCUT2D eigenvalue weighted by Crippen LogP contribution is -2.24. The Labute approximate surface area is 167 Å². The first-order chi connectivity index (χ1) is 13.8. The number of carbonyl (C=O) groups is 1. The number of hydrogen-bond acceptors (Lipinski definition) is 2. The number of hydrogen-bond donors (Lipinski definition) is 1. The van der Waals surface area contributed by atoms with Gasteiger partial charge in [-0.1, -0.05) is 61.4 Å². The van der Waals surface area contributed by atoms with Gasteiger partial charge in [0.15, 0.2) is 0 Å². The molecule has 1 heterocycles. The minimum absolute atomic E-state index is 0.0190. The van der Waals surface area contributed by atoms with Crippen LogP contribution in [0.4, 0.5) is 0 Å². The third kappa shape index (κ3) is 4.79. The van der Waals surface area contributed by atoms with Crippen LogP contribution in [0.25, 0.3) is 10.8 Å². The Morgan fingerprint density at radius 3 is 2.21 bits per heavy atom. The summed E-state index contributed by atoms with van der Waals surface area (Å²) in [5.74, 6) is -0.0190. The van der Waals surface area contributed by atoms with Crippen molar-refractivity contribution in [1.82, 2.24) is 10.2 Å². The zero-order valence-electron chi connectivity index (χ0n) is 16.4. The van der Waals surface area contributed by atoms with E-state index < -0.39 is 0 Å². The number of rotatable bonds is 5. The molecule has 0 saturated carbocycles. The van der Waals surface area contributed by atoms with E-state index in [9.17, 15) is 4.79 Å². The Morgan fingerprint density at radius 2 is 1.46 bits per heavy atom. The van der Waals surface area contributed by atoms with E-state index >= 15 is 0 Å². The van der Waals surface area contributed by atoms with E-state index in [4.69, 9.17) is 0 Å². The average molecular weight is 373 g/mol. The van der Waals surface area contributed by atoms with Gasteiger partial charge < -0.3 is 5.32 Å². The number of carbonyl (C=O) groups excluding carboxylic acids is 1. The third-order valence-corrected chi connectivity index (χ3v) is 5.59. The molecule has 1 fully saturated rings. The minimum atomic E-state index is -0.0190. The lowest BCUT2D eigenvalue weighted by molar-refractivity contribution is 0.0951. The SMILES string of the molecule is O=C(NCc1ccc2ccccc2c1)c1ccc(CN2CCCCCC2)cc1. The minimum Gasteiger partial charge on any atom is -0.348 e. The van der Waals surface area contributed by atoms with Crippen molar-refractivity contribution in [2.75, 3.05) is 13.1 Å². The molecule has 1 aliphatic rings. The summed E-state index contributed by atoms with van der Waals surface area (Å²) in [6.45, 7) is 3.90. The highest BCUT2D eigenvalue weighted by atomic mass is 16.1. The molecular weight excluding hydrogens is 344 g/mol. The molecule has 0 aliphatic carbocycles. The quantitative estimate of drug-likeness (QED) is 0.672. The van der Waals surface area contributed by atoms with Crippen LogP contribution in [0.2, 0.25) is 0 Å². The summed E-state index contributed by atoms with van der Waals surface area (Å²) in [7, 11) is 0. The average Bonchev–Trinajstić information content (AvgIpc) is 3.01. The second-order valence-electron chi connectivity index (χ2n) is 7.75. The molecule has 0 aromatic heterocycles. The molecule has 1 aliphatic heterocycles. The molecule has 3 heteroatoms. The van der Waals surface area contributed by atoms with Crippen molar-refractivity contribution in [3.05, 3.63) is 83.4 Å². The zero-order chi connectivity index (χ0) is 19.2. The van der Waals surface area contributed by atoms with Gasteiger partial charge in [-0.3, -0.25) is 9.69 Å². The van der Waals surface area contributed by atoms with Gasteiger partial charge in [-0.2, -0.15) is 0 Å². The van der Waals surface area contributed by atoms with E-state index in [2.05, 4.69) is 52.7 Å². The molecule has 144 valence electrons. The maximum atomic E-state index is 12.5. The van der Waals surface area contributed by atoms with Gasteiger partial charge in [-0.25, -0.2) is 0 Å². The Balaban J connectivity index is 1.33. The Hall–Kier alpha value is -2.65. The summed E-state index contributed by atoms with van der Waals surface area (Å²) in [6, 6.07) is 22.7. The summed E-state index contributed by atoms with van der Waals surface area (Å²) in [4.78, 5) is 15.0. The molecule has 3 aromatic rings. The second-order valence-corrected chi connectivity index (χ2v) is 7.75. The normalized spacial score (nSPS) is 15.3. The highest BCUT2D eigenvalue weighted by Gasteiger charge is 2.10. The first-order valence-electron chi connectivity index (χ1n) is 10.4. The molecule has 0 bridgehead atoms. The fourth-order valence-corrected chi connectivity index (χ4v) is 3.95. The highest BCUT2D eigenvalue weighted by Crippen LogP contribution is 2.16. The standard InChI is InChI=1S/C25H28N2O/c28-25(26-18-21-11-12-22-7-3-4-8-24(22)17-21)23-13-9-20(10-14-23)19-27-15-5-1-2-6-16-27/h3-4,7-14,17H,1-2,5-6,15-16,18-19H2,(H,26,28). The van der Waals surface area contributed by atoms with Gasteiger partial charge in [-0.15, -0.1) is 0 Å². The first kappa shape index (κ1) is 18.7. The fraction of sp³-hybridized carbons (Fsp3) is 0.320. The molecule has 1 amide bonds. The van der Waals surface area contributed by atoms with Crippen LogP contribution < -0.4 is 5.32 Å². The number of nitrogens with one attached hydrogen (secondary N) is 1. The maximum Gasteiger partial charge on any atom is 0.251 e. The molecule has 28 heavy (non-hydrogen) atoms. The molecule has 3 nitrogen and oxygen atoms in total. The van der Waals surface area contributed by atoms with Crippen molar-refractivity contribution >= 4 is 16.7 Å². The van der Waals surface area contributed by atoms with Crippen LogP contribution in [0.5, 0.6) is 0 Å². The van der Waals surface area contributed by atoms with Crippen molar-refractivity contribution in [3.8, 4) is 0 Å². The topological polar surface area (TPSA) is 32.3 Å². The maximum absolute atomic E-state index is 12.5. The Morgan fingerprint density at radius 1 is 0.786 bits per heavy atom. The van der Waals surface area contributed by atoms with Crippen molar-refractivity contribution in [3.63, 3.8) is 0 Å². The number of likely N-dealkylation sites (tertiary alicyclic amines) is 1. The predicted octanol–water partition coefficient (Wildman–Crippen LogP) is 5.15. The van der Waals surface area contributed by atoms with Crippen LogP contribution in [-0.4, -0.2) is 23.9 Å². The van der Waals surface area contributed by atoms with Gasteiger partial charge in [-0.05, 0) is 66.0 Å². The lowest BCUT2D eigenvalue weighted by atomic mass is 10.1. The van der Waals surface area contributed by atoms with Gasteiger partial charge in [0.2, 0.25) is 0 Å². The number of nitrogens with zero attached hydrogens (tertiary/aromatic N) is 1. The van der Waals surface area contributed by atoms with Crippen LogP contribution in [0, 0.1) is 0 Å². The monoisotopic (exact) mass is 372 g/mol. The first-order valence-corrected chi connectivity index (χ1v) is 10.4. The zero-order valence-corrected chi connectivity index (χ0v) is 16.4. The van der Waals surface area contributed by atoms with Crippen LogP contribution in [0.15, 0.2) is 66.7 Å². The number of fused-ring (bicyclic) bond motifs is 1. The Kier molecular flexibility index (Phi) is 6.03. The van der Waals surface area contributed by atoms with Crippen molar-refractivity contribution in [2.24, 2.45) is 0 Å². The number of amides is 1. The summed E-state index contributed by atoms with van der Waals surface area (Å²) < 4.78 is 0. The van der Waals surface area contributed by atoms with Gasteiger partial charge in [0, 0.05) is 18.7 Å². The smallest absolute Gasteiger partial charge is 0.251 e. The molecule has 4 rings (SSSR count). The predicted molar refractivity (Wildman–Crippen MR) is 115 cm³/mol. The molecule has 1 saturated heterocycles. The summed E-state index contributed by atoms with van der Waals surface area (Å²) >= 11 is 0. The van der Waals surface area contributed by atoms with Crippen LogP contribution >= 0.6 is 0 Å². The van der Waals surface area contributed by atoms with Crippen molar-refractivity contribution in [1.29, 1.82) is 0 Å². The summed E-state index contributed by atoms with van der Waals surface area (Å²) in [5, 5.41) is 5.46. The van der Waals surface area contributed by atoms with Crippen LogP contribution in [0.3, 0.4) is 0 Å². The molecular formula is C25H28N2O.